The van der Waals surface area contributed by atoms with Crippen molar-refractivity contribution in [1.82, 2.24) is 20.1 Å². The van der Waals surface area contributed by atoms with Crippen LogP contribution in [-0.2, 0) is 11.3 Å². The van der Waals surface area contributed by atoms with Gasteiger partial charge in [0.15, 0.2) is 0 Å². The molecular formula is C17H20ClFN4OS. The molecule has 5 nitrogen and oxygen atoms in total. The minimum atomic E-state index is -0.407. The molecule has 3 rings (SSSR count). The van der Waals surface area contributed by atoms with E-state index in [1.54, 1.807) is 19.2 Å². The van der Waals surface area contributed by atoms with Crippen molar-refractivity contribution < 1.29 is 9.18 Å². The number of H-pyrrole nitrogens is 1. The molecule has 2 aromatic rings. The zero-order valence-corrected chi connectivity index (χ0v) is 15.5. The van der Waals surface area contributed by atoms with Gasteiger partial charge in [0.1, 0.15) is 11.6 Å². The van der Waals surface area contributed by atoms with Crippen LogP contribution >= 0.6 is 23.4 Å². The number of nitrogens with one attached hydrogen (secondary N) is 1. The fourth-order valence-electron chi connectivity index (χ4n) is 2.95. The molecule has 0 radical (unpaired) electrons. The first-order valence-corrected chi connectivity index (χ1v) is 9.63. The number of benzene rings is 1. The van der Waals surface area contributed by atoms with Crippen molar-refractivity contribution in [3.8, 4) is 0 Å². The number of halogens is 2. The molecule has 0 atom stereocenters. The Bertz CT molecular complexity index is 728. The van der Waals surface area contributed by atoms with Gasteiger partial charge in [0.25, 0.3) is 0 Å². The van der Waals surface area contributed by atoms with Gasteiger partial charge < -0.3 is 4.90 Å². The van der Waals surface area contributed by atoms with Crippen LogP contribution in [0.3, 0.4) is 0 Å². The first-order valence-electron chi connectivity index (χ1n) is 8.26. The predicted octanol–water partition coefficient (Wildman–Crippen LogP) is 4.01. The topological polar surface area (TPSA) is 61.9 Å². The summed E-state index contributed by atoms with van der Waals surface area (Å²) in [7, 11) is 1.63. The Morgan fingerprint density at radius 3 is 2.92 bits per heavy atom. The predicted molar refractivity (Wildman–Crippen MR) is 96.2 cm³/mol. The van der Waals surface area contributed by atoms with Crippen molar-refractivity contribution in [2.45, 2.75) is 43.3 Å². The number of amides is 1. The number of thioether (sulfide) groups is 1. The van der Waals surface area contributed by atoms with Gasteiger partial charge in [-0.15, -0.1) is 5.10 Å². The van der Waals surface area contributed by atoms with Gasteiger partial charge in [-0.05, 0) is 25.0 Å². The van der Waals surface area contributed by atoms with Gasteiger partial charge in [0.05, 0.1) is 5.75 Å². The monoisotopic (exact) mass is 382 g/mol. The molecule has 1 fully saturated rings. The van der Waals surface area contributed by atoms with E-state index in [2.05, 4.69) is 15.2 Å². The molecule has 0 saturated heterocycles. The van der Waals surface area contributed by atoms with Crippen LogP contribution in [0.4, 0.5) is 4.39 Å². The highest BCUT2D eigenvalue weighted by Gasteiger charge is 2.21. The van der Waals surface area contributed by atoms with Crippen LogP contribution in [0.25, 0.3) is 0 Å². The molecule has 1 saturated carbocycles. The Hall–Kier alpha value is -1.60. The van der Waals surface area contributed by atoms with E-state index in [-0.39, 0.29) is 18.2 Å². The van der Waals surface area contributed by atoms with Gasteiger partial charge in [-0.1, -0.05) is 42.3 Å². The third-order valence-electron chi connectivity index (χ3n) is 4.43. The highest BCUT2D eigenvalue weighted by atomic mass is 35.5. The number of rotatable bonds is 6. The van der Waals surface area contributed by atoms with Crippen molar-refractivity contribution in [2.24, 2.45) is 0 Å². The van der Waals surface area contributed by atoms with Gasteiger partial charge >= 0.3 is 0 Å². The lowest BCUT2D eigenvalue weighted by Crippen LogP contribution is -2.28. The molecular weight excluding hydrogens is 363 g/mol. The third kappa shape index (κ3) is 4.52. The Kier molecular flexibility index (Phi) is 5.96. The summed E-state index contributed by atoms with van der Waals surface area (Å²) in [5.74, 6) is 1.04. The van der Waals surface area contributed by atoms with Crippen LogP contribution in [0, 0.1) is 5.82 Å². The van der Waals surface area contributed by atoms with E-state index in [1.807, 2.05) is 0 Å². The van der Waals surface area contributed by atoms with Gasteiger partial charge in [-0.3, -0.25) is 9.89 Å². The van der Waals surface area contributed by atoms with Crippen LogP contribution < -0.4 is 0 Å². The van der Waals surface area contributed by atoms with E-state index in [0.29, 0.717) is 21.7 Å². The lowest BCUT2D eigenvalue weighted by atomic mass is 10.1. The third-order valence-corrected chi connectivity index (χ3v) is 5.62. The van der Waals surface area contributed by atoms with Crippen LogP contribution in [0.15, 0.2) is 23.4 Å². The first-order chi connectivity index (χ1) is 12.0. The van der Waals surface area contributed by atoms with Gasteiger partial charge in [-0.25, -0.2) is 9.37 Å². The minimum absolute atomic E-state index is 0.128. The van der Waals surface area contributed by atoms with E-state index in [0.717, 1.165) is 18.7 Å². The molecule has 8 heteroatoms. The quantitative estimate of drug-likeness (QED) is 0.767. The molecule has 1 amide bonds. The van der Waals surface area contributed by atoms with Crippen molar-refractivity contribution >= 4 is 29.3 Å². The summed E-state index contributed by atoms with van der Waals surface area (Å²) in [6.07, 6.45) is 4.75. The summed E-state index contributed by atoms with van der Waals surface area (Å²) in [4.78, 5) is 18.2. The van der Waals surface area contributed by atoms with Crippen LogP contribution in [0.1, 0.15) is 43.0 Å². The second kappa shape index (κ2) is 8.19. The number of aromatic nitrogens is 3. The zero-order valence-electron chi connectivity index (χ0n) is 14.0. The van der Waals surface area contributed by atoms with Crippen LogP contribution in [-0.4, -0.2) is 38.8 Å². The fourth-order valence-corrected chi connectivity index (χ4v) is 3.92. The smallest absolute Gasteiger partial charge is 0.233 e. The average Bonchev–Trinajstić information content (AvgIpc) is 3.26. The lowest BCUT2D eigenvalue weighted by molar-refractivity contribution is -0.127. The molecule has 1 aromatic heterocycles. The van der Waals surface area contributed by atoms with Crippen LogP contribution in [0.5, 0.6) is 0 Å². The second-order valence-electron chi connectivity index (χ2n) is 6.22. The Labute approximate surface area is 155 Å². The van der Waals surface area contributed by atoms with Crippen molar-refractivity contribution in [3.63, 3.8) is 0 Å². The molecule has 1 aromatic carbocycles. The summed E-state index contributed by atoms with van der Waals surface area (Å²) >= 11 is 7.29. The maximum Gasteiger partial charge on any atom is 0.233 e. The largest absolute Gasteiger partial charge is 0.341 e. The molecule has 0 aliphatic heterocycles. The number of aromatic amines is 1. The summed E-state index contributed by atoms with van der Waals surface area (Å²) in [5, 5.41) is 8.06. The van der Waals surface area contributed by atoms with Gasteiger partial charge in [-0.2, -0.15) is 0 Å². The van der Waals surface area contributed by atoms with E-state index in [4.69, 9.17) is 11.6 Å². The molecule has 0 spiro atoms. The SMILES string of the molecule is CN(Cc1c(F)cccc1Cl)C(=O)CSc1n[nH]c(C2CCCC2)n1. The minimum Gasteiger partial charge on any atom is -0.341 e. The Morgan fingerprint density at radius 2 is 2.20 bits per heavy atom. The van der Waals surface area contributed by atoms with Crippen LogP contribution in [0.2, 0.25) is 5.02 Å². The molecule has 1 heterocycles. The van der Waals surface area contributed by atoms with E-state index in [9.17, 15) is 9.18 Å². The van der Waals surface area contributed by atoms with E-state index in [1.165, 1.54) is 35.6 Å². The molecule has 1 aliphatic carbocycles. The van der Waals surface area contributed by atoms with Crippen molar-refractivity contribution in [3.05, 3.63) is 40.4 Å². The number of hydrogen-bond acceptors (Lipinski definition) is 4. The summed E-state index contributed by atoms with van der Waals surface area (Å²) < 4.78 is 13.8. The summed E-state index contributed by atoms with van der Waals surface area (Å²) in [5.41, 5.74) is 0.325. The number of carbonyl (C=O) groups is 1. The first kappa shape index (κ1) is 18.2. The number of hydrogen-bond donors (Lipinski definition) is 1. The molecule has 1 N–H and O–H groups in total. The standard InChI is InChI=1S/C17H20ClFN4OS/c1-23(9-12-13(18)7-4-8-14(12)19)15(24)10-25-17-20-16(21-22-17)11-5-2-3-6-11/h4,7-8,11H,2-3,5-6,9-10H2,1H3,(H,20,21,22). The van der Waals surface area contributed by atoms with E-state index < -0.39 is 5.82 Å². The molecule has 134 valence electrons. The van der Waals surface area contributed by atoms with Gasteiger partial charge in [0.2, 0.25) is 11.1 Å². The summed E-state index contributed by atoms with van der Waals surface area (Å²) in [6.45, 7) is 0.131. The second-order valence-corrected chi connectivity index (χ2v) is 7.57. The van der Waals surface area contributed by atoms with Crippen molar-refractivity contribution in [1.29, 1.82) is 0 Å². The highest BCUT2D eigenvalue weighted by molar-refractivity contribution is 7.99. The maximum atomic E-state index is 13.8. The zero-order chi connectivity index (χ0) is 17.8. The Morgan fingerprint density at radius 1 is 1.44 bits per heavy atom. The lowest BCUT2D eigenvalue weighted by Gasteiger charge is -2.18. The van der Waals surface area contributed by atoms with E-state index >= 15 is 0 Å². The molecule has 25 heavy (non-hydrogen) atoms. The van der Waals surface area contributed by atoms with Gasteiger partial charge in [0, 0.05) is 30.1 Å². The summed E-state index contributed by atoms with van der Waals surface area (Å²) in [6, 6.07) is 4.50. The fraction of sp³-hybridized carbons (Fsp3) is 0.471. The highest BCUT2D eigenvalue weighted by Crippen LogP contribution is 2.32. The normalized spacial score (nSPS) is 14.8. The Balaban J connectivity index is 1.53. The molecule has 0 bridgehead atoms. The maximum absolute atomic E-state index is 13.8. The molecule has 0 unspecified atom stereocenters. The van der Waals surface area contributed by atoms with Crippen molar-refractivity contribution in [2.75, 3.05) is 12.8 Å². The average molecular weight is 383 g/mol. The number of carbonyl (C=O) groups excluding carboxylic acids is 1. The number of nitrogens with zero attached hydrogens (tertiary/aromatic N) is 3. The molecule has 1 aliphatic rings.